The van der Waals surface area contributed by atoms with Crippen molar-refractivity contribution in [2.45, 2.75) is 44.1 Å². The smallest absolute Gasteiger partial charge is 0.242 e. The molecule has 0 amide bonds. The van der Waals surface area contributed by atoms with Gasteiger partial charge in [0.2, 0.25) is 10.0 Å². The zero-order chi connectivity index (χ0) is 12.3. The molecule has 0 bridgehead atoms. The highest BCUT2D eigenvalue weighted by atomic mass is 35.5. The standard InChI is InChI=1S/C10H17ClN2O2S/c1-4-13-7-10(5-9(13)6-11)16(14,15)12-8(2)3/h5,7-8,12H,4,6H2,1-3H3. The minimum absolute atomic E-state index is 0.116. The van der Waals surface area contributed by atoms with E-state index in [0.29, 0.717) is 12.4 Å². The third-order valence-corrected chi connectivity index (χ3v) is 4.04. The number of halogens is 1. The van der Waals surface area contributed by atoms with E-state index in [4.69, 9.17) is 11.6 Å². The maximum absolute atomic E-state index is 11.9. The van der Waals surface area contributed by atoms with Crippen molar-refractivity contribution in [3.8, 4) is 0 Å². The van der Waals surface area contributed by atoms with Crippen LogP contribution in [0.5, 0.6) is 0 Å². The number of alkyl halides is 1. The molecule has 4 nitrogen and oxygen atoms in total. The lowest BCUT2D eigenvalue weighted by Gasteiger charge is -2.07. The lowest BCUT2D eigenvalue weighted by Crippen LogP contribution is -2.29. The predicted molar refractivity (Wildman–Crippen MR) is 65.1 cm³/mol. The average Bonchev–Trinajstić information content (AvgIpc) is 2.59. The Hall–Kier alpha value is -0.520. The molecule has 0 saturated carbocycles. The van der Waals surface area contributed by atoms with Crippen LogP contribution in [0.2, 0.25) is 0 Å². The minimum Gasteiger partial charge on any atom is -0.349 e. The molecule has 1 rings (SSSR count). The second kappa shape index (κ2) is 5.21. The largest absolute Gasteiger partial charge is 0.349 e. The molecule has 1 heterocycles. The second-order valence-corrected chi connectivity index (χ2v) is 5.84. The topological polar surface area (TPSA) is 51.1 Å². The van der Waals surface area contributed by atoms with Gasteiger partial charge < -0.3 is 4.57 Å². The van der Waals surface area contributed by atoms with Crippen molar-refractivity contribution >= 4 is 21.6 Å². The highest BCUT2D eigenvalue weighted by molar-refractivity contribution is 7.89. The summed E-state index contributed by atoms with van der Waals surface area (Å²) in [5.41, 5.74) is 0.813. The molecule has 0 atom stereocenters. The van der Waals surface area contributed by atoms with E-state index in [0.717, 1.165) is 5.69 Å². The summed E-state index contributed by atoms with van der Waals surface area (Å²) < 4.78 is 28.1. The normalized spacial score (nSPS) is 12.3. The van der Waals surface area contributed by atoms with Gasteiger partial charge in [0.25, 0.3) is 0 Å². The van der Waals surface area contributed by atoms with Gasteiger partial charge in [0.1, 0.15) is 0 Å². The summed E-state index contributed by atoms with van der Waals surface area (Å²) in [5.74, 6) is 0.311. The van der Waals surface area contributed by atoms with Crippen LogP contribution in [0.3, 0.4) is 0 Å². The third kappa shape index (κ3) is 2.99. The van der Waals surface area contributed by atoms with Gasteiger partial charge in [-0.2, -0.15) is 0 Å². The van der Waals surface area contributed by atoms with Crippen LogP contribution in [-0.2, 0) is 22.4 Å². The number of hydrogen-bond acceptors (Lipinski definition) is 2. The van der Waals surface area contributed by atoms with Gasteiger partial charge in [-0.1, -0.05) is 0 Å². The first-order chi connectivity index (χ1) is 7.40. The molecule has 0 radical (unpaired) electrons. The van der Waals surface area contributed by atoms with Gasteiger partial charge >= 0.3 is 0 Å². The average molecular weight is 265 g/mol. The summed E-state index contributed by atoms with van der Waals surface area (Å²) in [6.07, 6.45) is 1.61. The fourth-order valence-electron chi connectivity index (χ4n) is 1.46. The van der Waals surface area contributed by atoms with E-state index in [9.17, 15) is 8.42 Å². The lowest BCUT2D eigenvalue weighted by atomic mass is 10.4. The highest BCUT2D eigenvalue weighted by Crippen LogP contribution is 2.16. The molecule has 0 aliphatic heterocycles. The maximum Gasteiger partial charge on any atom is 0.242 e. The van der Waals surface area contributed by atoms with E-state index in [1.807, 2.05) is 11.5 Å². The van der Waals surface area contributed by atoms with E-state index < -0.39 is 10.0 Å². The van der Waals surface area contributed by atoms with Gasteiger partial charge in [0.05, 0.1) is 10.8 Å². The van der Waals surface area contributed by atoms with Crippen molar-refractivity contribution in [2.24, 2.45) is 0 Å². The van der Waals surface area contributed by atoms with Crippen LogP contribution in [0.4, 0.5) is 0 Å². The Bertz CT molecular complexity index is 430. The molecule has 0 saturated heterocycles. The molecule has 0 fully saturated rings. The number of sulfonamides is 1. The van der Waals surface area contributed by atoms with Crippen molar-refractivity contribution in [3.63, 3.8) is 0 Å². The molecule has 92 valence electrons. The van der Waals surface area contributed by atoms with Crippen LogP contribution in [0.15, 0.2) is 17.2 Å². The zero-order valence-corrected chi connectivity index (χ0v) is 11.3. The number of nitrogens with zero attached hydrogens (tertiary/aromatic N) is 1. The lowest BCUT2D eigenvalue weighted by molar-refractivity contribution is 0.569. The zero-order valence-electron chi connectivity index (χ0n) is 9.70. The van der Waals surface area contributed by atoms with Crippen LogP contribution >= 0.6 is 11.6 Å². The first-order valence-corrected chi connectivity index (χ1v) is 7.19. The molecule has 1 aromatic rings. The minimum atomic E-state index is -3.41. The van der Waals surface area contributed by atoms with Gasteiger partial charge in [-0.3, -0.25) is 0 Å². The van der Waals surface area contributed by atoms with Gasteiger partial charge in [0, 0.05) is 24.5 Å². The van der Waals surface area contributed by atoms with E-state index >= 15 is 0 Å². The highest BCUT2D eigenvalue weighted by Gasteiger charge is 2.18. The third-order valence-electron chi connectivity index (χ3n) is 2.14. The van der Waals surface area contributed by atoms with E-state index in [2.05, 4.69) is 4.72 Å². The van der Waals surface area contributed by atoms with Crippen molar-refractivity contribution in [1.29, 1.82) is 0 Å². The summed E-state index contributed by atoms with van der Waals surface area (Å²) in [4.78, 5) is 0.277. The van der Waals surface area contributed by atoms with Gasteiger partial charge in [-0.15, -0.1) is 11.6 Å². The maximum atomic E-state index is 11.9. The fourth-order valence-corrected chi connectivity index (χ4v) is 3.00. The molecule has 6 heteroatoms. The first kappa shape index (κ1) is 13.5. The summed E-state index contributed by atoms with van der Waals surface area (Å²) in [6, 6.07) is 1.50. The summed E-state index contributed by atoms with van der Waals surface area (Å²) in [5, 5.41) is 0. The van der Waals surface area contributed by atoms with Gasteiger partial charge in [-0.25, -0.2) is 13.1 Å². The summed E-state index contributed by atoms with van der Waals surface area (Å²) >= 11 is 5.74. The van der Waals surface area contributed by atoms with Crippen molar-refractivity contribution in [1.82, 2.24) is 9.29 Å². The molecule has 1 N–H and O–H groups in total. The van der Waals surface area contributed by atoms with E-state index in [1.54, 1.807) is 26.1 Å². The predicted octanol–water partition coefficient (Wildman–Crippen LogP) is 1.93. The van der Waals surface area contributed by atoms with Gasteiger partial charge in [-0.05, 0) is 26.8 Å². The number of aryl methyl sites for hydroxylation is 1. The number of rotatable bonds is 5. The monoisotopic (exact) mass is 264 g/mol. The Balaban J connectivity index is 3.09. The van der Waals surface area contributed by atoms with Gasteiger partial charge in [0.15, 0.2) is 0 Å². The molecule has 0 aliphatic carbocycles. The Labute approximate surface area is 102 Å². The quantitative estimate of drug-likeness (QED) is 0.827. The molecule has 0 aliphatic rings. The van der Waals surface area contributed by atoms with Crippen molar-refractivity contribution in [3.05, 3.63) is 18.0 Å². The molecule has 0 spiro atoms. The van der Waals surface area contributed by atoms with Crippen LogP contribution < -0.4 is 4.72 Å². The van der Waals surface area contributed by atoms with E-state index in [1.165, 1.54) is 0 Å². The van der Waals surface area contributed by atoms with E-state index in [-0.39, 0.29) is 10.9 Å². The first-order valence-electron chi connectivity index (χ1n) is 5.18. The molecule has 16 heavy (non-hydrogen) atoms. The Morgan fingerprint density at radius 3 is 2.50 bits per heavy atom. The van der Waals surface area contributed by atoms with Crippen molar-refractivity contribution < 1.29 is 8.42 Å². The summed E-state index contributed by atoms with van der Waals surface area (Å²) in [7, 11) is -3.41. The molecular formula is C10H17ClN2O2S. The SMILES string of the molecule is CCn1cc(S(=O)(=O)NC(C)C)cc1CCl. The molecular weight excluding hydrogens is 248 g/mol. The number of aromatic nitrogens is 1. The van der Waals surface area contributed by atoms with Crippen LogP contribution in [0.25, 0.3) is 0 Å². The Kier molecular flexibility index (Phi) is 4.41. The van der Waals surface area contributed by atoms with Crippen molar-refractivity contribution in [2.75, 3.05) is 0 Å². The second-order valence-electron chi connectivity index (χ2n) is 3.86. The number of hydrogen-bond donors (Lipinski definition) is 1. The number of nitrogens with one attached hydrogen (secondary N) is 1. The fraction of sp³-hybridized carbons (Fsp3) is 0.600. The molecule has 0 aromatic carbocycles. The summed E-state index contributed by atoms with van der Waals surface area (Å²) in [6.45, 7) is 6.23. The Morgan fingerprint density at radius 2 is 2.12 bits per heavy atom. The Morgan fingerprint density at radius 1 is 1.50 bits per heavy atom. The van der Waals surface area contributed by atoms with Crippen LogP contribution in [-0.4, -0.2) is 19.0 Å². The molecule has 1 aromatic heterocycles. The molecule has 0 unspecified atom stereocenters. The van der Waals surface area contributed by atoms with Crippen LogP contribution in [0.1, 0.15) is 26.5 Å². The van der Waals surface area contributed by atoms with Crippen LogP contribution in [0, 0.1) is 0 Å².